The summed E-state index contributed by atoms with van der Waals surface area (Å²) in [6.45, 7) is 2.12. The average Bonchev–Trinajstić information content (AvgIpc) is 3.05. The van der Waals surface area contributed by atoms with Gasteiger partial charge in [-0.2, -0.15) is 0 Å². The number of ether oxygens (including phenoxy) is 3. The average molecular weight is 419 g/mol. The summed E-state index contributed by atoms with van der Waals surface area (Å²) in [6, 6.07) is 17.0. The Balaban J connectivity index is 1.78. The summed E-state index contributed by atoms with van der Waals surface area (Å²) < 4.78 is 30.4. The molecule has 0 N–H and O–H groups in total. The predicted molar refractivity (Wildman–Crippen MR) is 108 cm³/mol. The first-order valence-corrected chi connectivity index (χ1v) is 10.6. The summed E-state index contributed by atoms with van der Waals surface area (Å²) in [5, 5.41) is 10.6. The van der Waals surface area contributed by atoms with Crippen LogP contribution in [0.4, 0.5) is 0 Å². The maximum atomic E-state index is 13.4. The third-order valence-electron chi connectivity index (χ3n) is 4.93. The maximum absolute atomic E-state index is 13.4. The summed E-state index contributed by atoms with van der Waals surface area (Å²) >= 11 is 0. The first-order chi connectivity index (χ1) is 14.0. The van der Waals surface area contributed by atoms with Crippen molar-refractivity contribution in [3.05, 3.63) is 75.8 Å². The van der Waals surface area contributed by atoms with Gasteiger partial charge in [-0.05, 0) is 24.6 Å². The second-order valence-corrected chi connectivity index (χ2v) is 8.64. The molecule has 0 unspecified atom stereocenters. The number of hydrogen-bond donors (Lipinski definition) is 0. The molecular weight excluding hydrogens is 394 g/mol. The van der Waals surface area contributed by atoms with E-state index < -0.39 is 39.3 Å². The minimum absolute atomic E-state index is 0.172. The Morgan fingerprint density at radius 1 is 1.14 bits per heavy atom. The molecule has 0 aromatic heterocycles. The number of nitrogens with zero attached hydrogens (tertiary/aromatic N) is 1. The first kappa shape index (κ1) is 21.6. The highest BCUT2D eigenvalue weighted by Crippen LogP contribution is 2.34. The molecule has 0 aliphatic carbocycles. The molecule has 2 aromatic rings. The van der Waals surface area contributed by atoms with Gasteiger partial charge in [-0.1, -0.05) is 48.0 Å². The minimum Gasteiger partial charge on any atom is -0.374 e. The number of aryl methyl sites for hydroxylation is 1. The van der Waals surface area contributed by atoms with Crippen molar-refractivity contribution in [3.63, 3.8) is 0 Å². The van der Waals surface area contributed by atoms with Gasteiger partial charge in [0, 0.05) is 16.9 Å². The molecule has 0 amide bonds. The van der Waals surface area contributed by atoms with Gasteiger partial charge in [0.25, 0.3) is 0 Å². The molecule has 1 aliphatic rings. The van der Waals surface area contributed by atoms with Crippen LogP contribution < -0.4 is 0 Å². The number of methoxy groups -OCH3 is 1. The van der Waals surface area contributed by atoms with Crippen LogP contribution in [0.25, 0.3) is 0 Å². The van der Waals surface area contributed by atoms with Crippen molar-refractivity contribution >= 4 is 10.8 Å². The van der Waals surface area contributed by atoms with E-state index in [0.29, 0.717) is 11.5 Å². The Bertz CT molecular complexity index is 829. The lowest BCUT2D eigenvalue weighted by molar-refractivity contribution is -0.491. The molecule has 3 rings (SSSR count). The Labute approximate surface area is 172 Å². The van der Waals surface area contributed by atoms with E-state index in [9.17, 15) is 14.3 Å². The molecule has 0 bridgehead atoms. The first-order valence-electron chi connectivity index (χ1n) is 9.38. The van der Waals surface area contributed by atoms with Crippen LogP contribution in [0.15, 0.2) is 59.5 Å². The molecule has 5 atom stereocenters. The van der Waals surface area contributed by atoms with E-state index in [1.165, 1.54) is 7.11 Å². The van der Waals surface area contributed by atoms with Crippen LogP contribution in [0.1, 0.15) is 11.1 Å². The summed E-state index contributed by atoms with van der Waals surface area (Å²) in [5.41, 5.74) is 2.06. The van der Waals surface area contributed by atoms with Crippen molar-refractivity contribution in [1.29, 1.82) is 0 Å². The lowest BCUT2D eigenvalue weighted by atomic mass is 10.0. The highest BCUT2D eigenvalue weighted by atomic mass is 32.2. The SMILES string of the molecule is CO[C@H]1O[C@H](COCc2ccccc2)[C@@H]([S@@](=O)c2ccc(C)cc2)[C@@H]1C[N+](=O)[O-]. The zero-order chi connectivity index (χ0) is 20.8. The fourth-order valence-electron chi connectivity index (χ4n) is 3.50. The van der Waals surface area contributed by atoms with Crippen LogP contribution in [0.2, 0.25) is 0 Å². The van der Waals surface area contributed by atoms with Gasteiger partial charge in [-0.25, -0.2) is 0 Å². The topological polar surface area (TPSA) is 87.9 Å². The molecule has 0 spiro atoms. The monoisotopic (exact) mass is 419 g/mol. The number of rotatable bonds is 9. The zero-order valence-electron chi connectivity index (χ0n) is 16.4. The van der Waals surface area contributed by atoms with E-state index in [-0.39, 0.29) is 13.2 Å². The molecule has 8 heteroatoms. The molecule has 2 aromatic carbocycles. The van der Waals surface area contributed by atoms with Gasteiger partial charge in [0.1, 0.15) is 0 Å². The number of hydrogen-bond acceptors (Lipinski definition) is 6. The summed E-state index contributed by atoms with van der Waals surface area (Å²) in [6.07, 6.45) is -1.37. The van der Waals surface area contributed by atoms with Crippen molar-refractivity contribution in [3.8, 4) is 0 Å². The van der Waals surface area contributed by atoms with Crippen molar-refractivity contribution in [2.24, 2.45) is 5.92 Å². The molecule has 0 radical (unpaired) electrons. The van der Waals surface area contributed by atoms with E-state index in [4.69, 9.17) is 14.2 Å². The van der Waals surface area contributed by atoms with E-state index in [1.54, 1.807) is 12.1 Å². The molecule has 1 fully saturated rings. The Morgan fingerprint density at radius 3 is 2.45 bits per heavy atom. The van der Waals surface area contributed by atoms with Gasteiger partial charge < -0.3 is 14.2 Å². The van der Waals surface area contributed by atoms with Gasteiger partial charge in [0.05, 0.1) is 41.3 Å². The van der Waals surface area contributed by atoms with E-state index in [1.807, 2.05) is 49.4 Å². The van der Waals surface area contributed by atoms with Crippen LogP contribution in [-0.4, -0.2) is 47.0 Å². The second kappa shape index (κ2) is 10.1. The summed E-state index contributed by atoms with van der Waals surface area (Å²) in [7, 11) is -0.0621. The van der Waals surface area contributed by atoms with Crippen LogP contribution in [-0.2, 0) is 31.6 Å². The highest BCUT2D eigenvalue weighted by Gasteiger charge is 2.50. The van der Waals surface area contributed by atoms with Gasteiger partial charge in [0.15, 0.2) is 6.29 Å². The van der Waals surface area contributed by atoms with E-state index in [0.717, 1.165) is 11.1 Å². The van der Waals surface area contributed by atoms with Crippen molar-refractivity contribution in [2.45, 2.75) is 36.1 Å². The lowest BCUT2D eigenvalue weighted by Gasteiger charge is -2.21. The fraction of sp³-hybridized carbons (Fsp3) is 0.429. The van der Waals surface area contributed by atoms with E-state index >= 15 is 0 Å². The third kappa shape index (κ3) is 5.48. The molecule has 1 saturated heterocycles. The lowest BCUT2D eigenvalue weighted by Crippen LogP contribution is -2.38. The van der Waals surface area contributed by atoms with Gasteiger partial charge >= 0.3 is 0 Å². The van der Waals surface area contributed by atoms with Crippen LogP contribution >= 0.6 is 0 Å². The van der Waals surface area contributed by atoms with Gasteiger partial charge in [-0.15, -0.1) is 0 Å². The summed E-state index contributed by atoms with van der Waals surface area (Å²) in [5.74, 6) is -0.637. The molecule has 7 nitrogen and oxygen atoms in total. The Morgan fingerprint density at radius 2 is 1.83 bits per heavy atom. The highest BCUT2D eigenvalue weighted by molar-refractivity contribution is 7.85. The number of nitro groups is 1. The predicted octanol–water partition coefficient (Wildman–Crippen LogP) is 2.95. The minimum atomic E-state index is -1.50. The largest absolute Gasteiger partial charge is 0.374 e. The smallest absolute Gasteiger partial charge is 0.212 e. The second-order valence-electron chi connectivity index (χ2n) is 7.03. The Hall–Kier alpha value is -2.13. The third-order valence-corrected chi connectivity index (χ3v) is 6.82. The fourth-order valence-corrected chi connectivity index (χ4v) is 5.17. The van der Waals surface area contributed by atoms with Crippen LogP contribution in [0.3, 0.4) is 0 Å². The molecular formula is C21H25NO6S. The Kier molecular flexibility index (Phi) is 7.49. The normalized spacial score (nSPS) is 25.0. The van der Waals surface area contributed by atoms with Gasteiger partial charge in [-0.3, -0.25) is 14.3 Å². The van der Waals surface area contributed by atoms with E-state index in [2.05, 4.69) is 0 Å². The molecule has 1 aliphatic heterocycles. The van der Waals surface area contributed by atoms with Crippen molar-refractivity contribution in [1.82, 2.24) is 0 Å². The van der Waals surface area contributed by atoms with Crippen molar-refractivity contribution in [2.75, 3.05) is 20.3 Å². The number of benzene rings is 2. The summed E-state index contributed by atoms with van der Waals surface area (Å²) in [4.78, 5) is 11.4. The standard InChI is InChI=1S/C21H25NO6S/c1-15-8-10-17(11-9-15)29(25)20-18(12-22(23)24)21(26-2)28-19(20)14-27-13-16-6-4-3-5-7-16/h3-11,18-21H,12-14H2,1-2H3/t18-,19+,20-,21-,29-/m0/s1. The molecule has 156 valence electrons. The zero-order valence-corrected chi connectivity index (χ0v) is 17.2. The van der Waals surface area contributed by atoms with Gasteiger partial charge in [0.2, 0.25) is 6.54 Å². The quantitative estimate of drug-likeness (QED) is 0.459. The maximum Gasteiger partial charge on any atom is 0.212 e. The molecule has 1 heterocycles. The molecule has 0 saturated carbocycles. The van der Waals surface area contributed by atoms with Crippen LogP contribution in [0, 0.1) is 23.0 Å². The van der Waals surface area contributed by atoms with Crippen LogP contribution in [0.5, 0.6) is 0 Å². The van der Waals surface area contributed by atoms with Crippen molar-refractivity contribution < 1.29 is 23.3 Å². The molecule has 29 heavy (non-hydrogen) atoms.